The number of nitrogens with zero attached hydrogens (tertiary/aromatic N) is 1. The molecule has 0 spiro atoms. The van der Waals surface area contributed by atoms with Gasteiger partial charge >= 0.3 is 0 Å². The minimum absolute atomic E-state index is 0.0370. The number of β-amino-alcohol motifs (C(OH)–C–C–N with tert-alkyl or cyclic N) is 1. The molecule has 0 radical (unpaired) electrons. The number of carbonyl (C=O) groups is 1. The van der Waals surface area contributed by atoms with Crippen molar-refractivity contribution in [3.05, 3.63) is 60.2 Å². The van der Waals surface area contributed by atoms with Crippen LogP contribution in [0.3, 0.4) is 0 Å². The SMILES string of the molecule is O=C(c1ccc(Oc2ccccc2)cc1)N1CCC[C@@H](O)C1. The molecule has 4 nitrogen and oxygen atoms in total. The van der Waals surface area contributed by atoms with E-state index in [9.17, 15) is 9.90 Å². The number of likely N-dealkylation sites (tertiary alicyclic amines) is 1. The summed E-state index contributed by atoms with van der Waals surface area (Å²) in [5.74, 6) is 1.42. The van der Waals surface area contributed by atoms with E-state index in [1.807, 2.05) is 30.3 Å². The highest BCUT2D eigenvalue weighted by Crippen LogP contribution is 2.22. The van der Waals surface area contributed by atoms with E-state index >= 15 is 0 Å². The third kappa shape index (κ3) is 3.46. The second kappa shape index (κ2) is 6.62. The number of aliphatic hydroxyl groups is 1. The summed E-state index contributed by atoms with van der Waals surface area (Å²) in [6, 6.07) is 16.6. The Labute approximate surface area is 130 Å². The topological polar surface area (TPSA) is 49.8 Å². The minimum Gasteiger partial charge on any atom is -0.457 e. The van der Waals surface area contributed by atoms with Crippen LogP contribution in [0.5, 0.6) is 11.5 Å². The van der Waals surface area contributed by atoms with Crippen LogP contribution in [0.25, 0.3) is 0 Å². The van der Waals surface area contributed by atoms with Crippen LogP contribution >= 0.6 is 0 Å². The summed E-state index contributed by atoms with van der Waals surface area (Å²) in [7, 11) is 0. The number of rotatable bonds is 3. The summed E-state index contributed by atoms with van der Waals surface area (Å²) < 4.78 is 5.71. The van der Waals surface area contributed by atoms with Crippen molar-refractivity contribution in [2.75, 3.05) is 13.1 Å². The molecule has 0 saturated carbocycles. The van der Waals surface area contributed by atoms with Gasteiger partial charge in [0.05, 0.1) is 6.10 Å². The zero-order chi connectivity index (χ0) is 15.4. The third-order valence-corrected chi connectivity index (χ3v) is 3.76. The van der Waals surface area contributed by atoms with Crippen molar-refractivity contribution in [1.29, 1.82) is 0 Å². The van der Waals surface area contributed by atoms with Gasteiger partial charge in [0.1, 0.15) is 11.5 Å². The Morgan fingerprint density at radius 1 is 1.05 bits per heavy atom. The first-order valence-electron chi connectivity index (χ1n) is 7.53. The summed E-state index contributed by atoms with van der Waals surface area (Å²) in [6.07, 6.45) is 1.22. The average molecular weight is 297 g/mol. The molecule has 2 aromatic rings. The quantitative estimate of drug-likeness (QED) is 0.947. The molecular formula is C18H19NO3. The maximum Gasteiger partial charge on any atom is 0.253 e. The van der Waals surface area contributed by atoms with Gasteiger partial charge in [0, 0.05) is 18.7 Å². The highest BCUT2D eigenvalue weighted by atomic mass is 16.5. The zero-order valence-corrected chi connectivity index (χ0v) is 12.3. The van der Waals surface area contributed by atoms with Gasteiger partial charge in [-0.1, -0.05) is 18.2 Å². The second-order valence-corrected chi connectivity index (χ2v) is 5.49. The Kier molecular flexibility index (Phi) is 4.39. The van der Waals surface area contributed by atoms with Crippen molar-refractivity contribution >= 4 is 5.91 Å². The van der Waals surface area contributed by atoms with Gasteiger partial charge in [-0.05, 0) is 49.2 Å². The average Bonchev–Trinajstić information content (AvgIpc) is 2.56. The van der Waals surface area contributed by atoms with Crippen LogP contribution in [0.15, 0.2) is 54.6 Å². The smallest absolute Gasteiger partial charge is 0.253 e. The van der Waals surface area contributed by atoms with Gasteiger partial charge < -0.3 is 14.7 Å². The number of carbonyl (C=O) groups excluding carboxylic acids is 1. The lowest BCUT2D eigenvalue weighted by Gasteiger charge is -2.30. The van der Waals surface area contributed by atoms with Gasteiger partial charge in [0.2, 0.25) is 0 Å². The van der Waals surface area contributed by atoms with Crippen LogP contribution in [0.2, 0.25) is 0 Å². The Morgan fingerprint density at radius 2 is 1.73 bits per heavy atom. The highest BCUT2D eigenvalue weighted by molar-refractivity contribution is 5.94. The molecular weight excluding hydrogens is 278 g/mol. The van der Waals surface area contributed by atoms with E-state index in [1.165, 1.54) is 0 Å². The lowest BCUT2D eigenvalue weighted by atomic mass is 10.1. The molecule has 1 amide bonds. The molecule has 1 aliphatic heterocycles. The molecule has 22 heavy (non-hydrogen) atoms. The molecule has 1 aliphatic rings. The molecule has 114 valence electrons. The molecule has 0 aliphatic carbocycles. The zero-order valence-electron chi connectivity index (χ0n) is 12.3. The normalized spacial score (nSPS) is 18.0. The van der Waals surface area contributed by atoms with Gasteiger partial charge in [-0.3, -0.25) is 4.79 Å². The predicted octanol–water partition coefficient (Wildman–Crippen LogP) is 3.08. The Balaban J connectivity index is 1.67. The number of aliphatic hydroxyl groups excluding tert-OH is 1. The van der Waals surface area contributed by atoms with Crippen LogP contribution in [-0.4, -0.2) is 35.1 Å². The van der Waals surface area contributed by atoms with Gasteiger partial charge in [0.25, 0.3) is 5.91 Å². The third-order valence-electron chi connectivity index (χ3n) is 3.76. The maximum absolute atomic E-state index is 12.4. The summed E-state index contributed by atoms with van der Waals surface area (Å²) in [5.41, 5.74) is 0.620. The lowest BCUT2D eigenvalue weighted by molar-refractivity contribution is 0.0474. The molecule has 3 rings (SSSR count). The van der Waals surface area contributed by atoms with E-state index in [0.29, 0.717) is 24.4 Å². The number of piperidine rings is 1. The summed E-state index contributed by atoms with van der Waals surface area (Å²) in [4.78, 5) is 14.1. The minimum atomic E-state index is -0.404. The van der Waals surface area contributed by atoms with Crippen molar-refractivity contribution < 1.29 is 14.6 Å². The Morgan fingerprint density at radius 3 is 2.41 bits per heavy atom. The van der Waals surface area contributed by atoms with Crippen molar-refractivity contribution in [2.24, 2.45) is 0 Å². The fourth-order valence-electron chi connectivity index (χ4n) is 2.61. The highest BCUT2D eigenvalue weighted by Gasteiger charge is 2.22. The van der Waals surface area contributed by atoms with Crippen LogP contribution < -0.4 is 4.74 Å². The molecule has 0 bridgehead atoms. The first-order chi connectivity index (χ1) is 10.7. The van der Waals surface area contributed by atoms with Crippen LogP contribution in [0.1, 0.15) is 23.2 Å². The van der Waals surface area contributed by atoms with Crippen molar-refractivity contribution in [3.63, 3.8) is 0 Å². The Bertz CT molecular complexity index is 625. The molecule has 1 N–H and O–H groups in total. The predicted molar refractivity (Wildman–Crippen MR) is 84.1 cm³/mol. The standard InChI is InChI=1S/C18H19NO3/c20-15-5-4-12-19(13-15)18(21)14-8-10-17(11-9-14)22-16-6-2-1-3-7-16/h1-3,6-11,15,20H,4-5,12-13H2/t15-/m1/s1. The van der Waals surface area contributed by atoms with Gasteiger partial charge in [-0.25, -0.2) is 0 Å². The monoisotopic (exact) mass is 297 g/mol. The van der Waals surface area contributed by atoms with E-state index < -0.39 is 6.10 Å². The largest absolute Gasteiger partial charge is 0.457 e. The molecule has 1 heterocycles. The van der Waals surface area contributed by atoms with Gasteiger partial charge in [-0.15, -0.1) is 0 Å². The number of ether oxygens (including phenoxy) is 1. The van der Waals surface area contributed by atoms with Crippen molar-refractivity contribution in [3.8, 4) is 11.5 Å². The summed E-state index contributed by atoms with van der Waals surface area (Å²) in [6.45, 7) is 1.12. The van der Waals surface area contributed by atoms with Crippen molar-refractivity contribution in [2.45, 2.75) is 18.9 Å². The maximum atomic E-state index is 12.4. The van der Waals surface area contributed by atoms with Crippen LogP contribution in [0.4, 0.5) is 0 Å². The fraction of sp³-hybridized carbons (Fsp3) is 0.278. The lowest BCUT2D eigenvalue weighted by Crippen LogP contribution is -2.42. The number of amides is 1. The first kappa shape index (κ1) is 14.6. The summed E-state index contributed by atoms with van der Waals surface area (Å²) >= 11 is 0. The number of hydrogen-bond donors (Lipinski definition) is 1. The molecule has 2 aromatic carbocycles. The molecule has 0 unspecified atom stereocenters. The van der Waals surface area contributed by atoms with Crippen LogP contribution in [0, 0.1) is 0 Å². The molecule has 0 aromatic heterocycles. The number of hydrogen-bond acceptors (Lipinski definition) is 3. The summed E-state index contributed by atoms with van der Waals surface area (Å²) in [5, 5.41) is 9.67. The van der Waals surface area contributed by atoms with Gasteiger partial charge in [0.15, 0.2) is 0 Å². The van der Waals surface area contributed by atoms with Gasteiger partial charge in [-0.2, -0.15) is 0 Å². The number of para-hydroxylation sites is 1. The van der Waals surface area contributed by atoms with Crippen molar-refractivity contribution in [1.82, 2.24) is 4.90 Å². The first-order valence-corrected chi connectivity index (χ1v) is 7.53. The van der Waals surface area contributed by atoms with E-state index in [1.54, 1.807) is 29.2 Å². The van der Waals surface area contributed by atoms with E-state index in [2.05, 4.69) is 0 Å². The second-order valence-electron chi connectivity index (χ2n) is 5.49. The van der Waals surface area contributed by atoms with E-state index in [-0.39, 0.29) is 5.91 Å². The Hall–Kier alpha value is -2.33. The van der Waals surface area contributed by atoms with E-state index in [4.69, 9.17) is 4.74 Å². The molecule has 1 saturated heterocycles. The molecule has 1 fully saturated rings. The molecule has 1 atom stereocenters. The fourth-order valence-corrected chi connectivity index (χ4v) is 2.61. The molecule has 4 heteroatoms. The van der Waals surface area contributed by atoms with Crippen LogP contribution in [-0.2, 0) is 0 Å². The number of benzene rings is 2. The van der Waals surface area contributed by atoms with E-state index in [0.717, 1.165) is 18.6 Å².